The number of nitrogens with zero attached hydrogens (tertiary/aromatic N) is 3. The standard InChI is InChI=1S/C16H18N6O2/c1-10-8-17-4-3-13(10)18-5-6-19-15(23)12-9-20-14-7-11(2)21-22(14)16(12)24/h3-4,7-9,21H,5-6H2,1-2H3,(H,17,18)(H,19,23). The maximum atomic E-state index is 12.3. The monoisotopic (exact) mass is 326 g/mol. The largest absolute Gasteiger partial charge is 0.383 e. The molecule has 0 unspecified atom stereocenters. The van der Waals surface area contributed by atoms with Gasteiger partial charge < -0.3 is 10.6 Å². The van der Waals surface area contributed by atoms with Crippen molar-refractivity contribution in [3.8, 4) is 0 Å². The summed E-state index contributed by atoms with van der Waals surface area (Å²) in [5.41, 5.74) is 2.87. The average Bonchev–Trinajstić information content (AvgIpc) is 2.94. The van der Waals surface area contributed by atoms with Gasteiger partial charge in [-0.2, -0.15) is 0 Å². The summed E-state index contributed by atoms with van der Waals surface area (Å²) < 4.78 is 1.27. The number of amides is 1. The minimum absolute atomic E-state index is 0.00874. The van der Waals surface area contributed by atoms with Crippen molar-refractivity contribution in [2.75, 3.05) is 18.4 Å². The van der Waals surface area contributed by atoms with Crippen molar-refractivity contribution in [1.29, 1.82) is 0 Å². The lowest BCUT2D eigenvalue weighted by Crippen LogP contribution is -2.34. The quantitative estimate of drug-likeness (QED) is 0.604. The normalized spacial score (nSPS) is 10.8. The second kappa shape index (κ2) is 6.53. The summed E-state index contributed by atoms with van der Waals surface area (Å²) in [6.45, 7) is 4.69. The first-order valence-electron chi connectivity index (χ1n) is 7.56. The van der Waals surface area contributed by atoms with E-state index in [-0.39, 0.29) is 5.56 Å². The van der Waals surface area contributed by atoms with Crippen LogP contribution in [0.5, 0.6) is 0 Å². The van der Waals surface area contributed by atoms with E-state index >= 15 is 0 Å². The molecule has 24 heavy (non-hydrogen) atoms. The Morgan fingerprint density at radius 3 is 2.92 bits per heavy atom. The molecule has 0 atom stereocenters. The minimum Gasteiger partial charge on any atom is -0.383 e. The summed E-state index contributed by atoms with van der Waals surface area (Å²) in [6, 6.07) is 3.61. The predicted molar refractivity (Wildman–Crippen MR) is 90.3 cm³/mol. The molecule has 0 aromatic carbocycles. The molecule has 3 rings (SSSR count). The number of hydrogen-bond donors (Lipinski definition) is 3. The summed E-state index contributed by atoms with van der Waals surface area (Å²) in [5, 5.41) is 8.78. The number of carbonyl (C=O) groups excluding carboxylic acids is 1. The predicted octanol–water partition coefficient (Wildman–Crippen LogP) is 0.876. The van der Waals surface area contributed by atoms with Crippen molar-refractivity contribution in [3.63, 3.8) is 0 Å². The first-order chi connectivity index (χ1) is 11.6. The number of hydrogen-bond acceptors (Lipinski definition) is 5. The number of pyridine rings is 1. The average molecular weight is 326 g/mol. The summed E-state index contributed by atoms with van der Waals surface area (Å²) in [4.78, 5) is 32.6. The Bertz CT molecular complexity index is 943. The molecule has 0 saturated heterocycles. The van der Waals surface area contributed by atoms with E-state index < -0.39 is 11.5 Å². The molecule has 0 aliphatic rings. The second-order valence-electron chi connectivity index (χ2n) is 5.48. The van der Waals surface area contributed by atoms with E-state index in [1.807, 2.05) is 19.9 Å². The number of anilines is 1. The lowest BCUT2D eigenvalue weighted by Gasteiger charge is -2.09. The van der Waals surface area contributed by atoms with Gasteiger partial charge in [-0.15, -0.1) is 0 Å². The van der Waals surface area contributed by atoms with Crippen LogP contribution in [-0.4, -0.2) is 38.6 Å². The van der Waals surface area contributed by atoms with Gasteiger partial charge in [-0.1, -0.05) is 0 Å². The van der Waals surface area contributed by atoms with Crippen molar-refractivity contribution in [1.82, 2.24) is 24.9 Å². The fraction of sp³-hybridized carbons (Fsp3) is 0.250. The van der Waals surface area contributed by atoms with Gasteiger partial charge in [-0.3, -0.25) is 19.7 Å². The molecule has 124 valence electrons. The van der Waals surface area contributed by atoms with Crippen LogP contribution < -0.4 is 16.2 Å². The summed E-state index contributed by atoms with van der Waals surface area (Å²) >= 11 is 0. The zero-order chi connectivity index (χ0) is 17.1. The Morgan fingerprint density at radius 2 is 2.12 bits per heavy atom. The molecule has 0 radical (unpaired) electrons. The fourth-order valence-electron chi connectivity index (χ4n) is 2.38. The first-order valence-corrected chi connectivity index (χ1v) is 7.56. The second-order valence-corrected chi connectivity index (χ2v) is 5.48. The Kier molecular flexibility index (Phi) is 4.28. The number of nitrogens with one attached hydrogen (secondary N) is 3. The zero-order valence-electron chi connectivity index (χ0n) is 13.5. The van der Waals surface area contributed by atoms with E-state index in [0.29, 0.717) is 18.7 Å². The van der Waals surface area contributed by atoms with Gasteiger partial charge in [-0.05, 0) is 25.5 Å². The van der Waals surface area contributed by atoms with Crippen LogP contribution in [-0.2, 0) is 0 Å². The van der Waals surface area contributed by atoms with Gasteiger partial charge in [0.25, 0.3) is 11.5 Å². The summed E-state index contributed by atoms with van der Waals surface area (Å²) in [7, 11) is 0. The van der Waals surface area contributed by atoms with E-state index in [4.69, 9.17) is 0 Å². The zero-order valence-corrected chi connectivity index (χ0v) is 13.5. The van der Waals surface area contributed by atoms with Crippen LogP contribution in [0.1, 0.15) is 21.6 Å². The molecule has 8 heteroatoms. The van der Waals surface area contributed by atoms with Crippen molar-refractivity contribution < 1.29 is 4.79 Å². The molecule has 0 fully saturated rings. The van der Waals surface area contributed by atoms with Crippen LogP contribution >= 0.6 is 0 Å². The highest BCUT2D eigenvalue weighted by Gasteiger charge is 2.13. The number of aromatic nitrogens is 4. The highest BCUT2D eigenvalue weighted by Crippen LogP contribution is 2.10. The maximum absolute atomic E-state index is 12.3. The number of aryl methyl sites for hydroxylation is 2. The molecule has 3 heterocycles. The third kappa shape index (κ3) is 3.12. The van der Waals surface area contributed by atoms with Crippen LogP contribution in [0.25, 0.3) is 5.65 Å². The molecular formula is C16H18N6O2. The molecule has 0 spiro atoms. The van der Waals surface area contributed by atoms with E-state index in [2.05, 4.69) is 25.7 Å². The maximum Gasteiger partial charge on any atom is 0.285 e. The lowest BCUT2D eigenvalue weighted by molar-refractivity contribution is 0.0953. The summed E-state index contributed by atoms with van der Waals surface area (Å²) in [6.07, 6.45) is 4.77. The van der Waals surface area contributed by atoms with E-state index in [1.165, 1.54) is 10.7 Å². The van der Waals surface area contributed by atoms with Crippen LogP contribution in [0.3, 0.4) is 0 Å². The Morgan fingerprint density at radius 1 is 1.29 bits per heavy atom. The van der Waals surface area contributed by atoms with Crippen LogP contribution in [0.4, 0.5) is 5.69 Å². The smallest absolute Gasteiger partial charge is 0.285 e. The molecule has 3 aromatic rings. The molecule has 8 nitrogen and oxygen atoms in total. The van der Waals surface area contributed by atoms with E-state index in [9.17, 15) is 9.59 Å². The Hall–Kier alpha value is -3.16. The van der Waals surface area contributed by atoms with Crippen molar-refractivity contribution >= 4 is 17.2 Å². The topological polar surface area (TPSA) is 104 Å². The van der Waals surface area contributed by atoms with Gasteiger partial charge in [-0.25, -0.2) is 9.50 Å². The van der Waals surface area contributed by atoms with Gasteiger partial charge in [0.05, 0.1) is 0 Å². The van der Waals surface area contributed by atoms with E-state index in [1.54, 1.807) is 18.5 Å². The van der Waals surface area contributed by atoms with Crippen LogP contribution in [0.2, 0.25) is 0 Å². The number of H-pyrrole nitrogens is 1. The number of fused-ring (bicyclic) bond motifs is 1. The third-order valence-electron chi connectivity index (χ3n) is 3.61. The summed E-state index contributed by atoms with van der Waals surface area (Å²) in [5.74, 6) is -0.442. The molecule has 0 aliphatic heterocycles. The lowest BCUT2D eigenvalue weighted by atomic mass is 10.2. The van der Waals surface area contributed by atoms with Crippen molar-refractivity contribution in [3.05, 3.63) is 57.9 Å². The van der Waals surface area contributed by atoms with Gasteiger partial charge >= 0.3 is 0 Å². The Labute approximate surface area is 137 Å². The van der Waals surface area contributed by atoms with Crippen LogP contribution in [0.15, 0.2) is 35.5 Å². The first kappa shape index (κ1) is 15.7. The molecule has 1 amide bonds. The van der Waals surface area contributed by atoms with Gasteiger partial charge in [0.15, 0.2) is 5.65 Å². The molecule has 0 saturated carbocycles. The van der Waals surface area contributed by atoms with Crippen molar-refractivity contribution in [2.24, 2.45) is 0 Å². The molecule has 0 bridgehead atoms. The number of rotatable bonds is 5. The third-order valence-corrected chi connectivity index (χ3v) is 3.61. The van der Waals surface area contributed by atoms with Gasteiger partial charge in [0, 0.05) is 49.1 Å². The van der Waals surface area contributed by atoms with E-state index in [0.717, 1.165) is 16.9 Å². The molecule has 3 N–H and O–H groups in total. The van der Waals surface area contributed by atoms with Crippen LogP contribution in [0, 0.1) is 13.8 Å². The van der Waals surface area contributed by atoms with Gasteiger partial charge in [0.1, 0.15) is 5.56 Å². The highest BCUT2D eigenvalue weighted by molar-refractivity contribution is 5.93. The molecule has 0 aliphatic carbocycles. The SMILES string of the molecule is Cc1cc2ncc(C(=O)NCCNc3ccncc3C)c(=O)n2[nH]1. The fourth-order valence-corrected chi connectivity index (χ4v) is 2.38. The van der Waals surface area contributed by atoms with Gasteiger partial charge in [0.2, 0.25) is 0 Å². The van der Waals surface area contributed by atoms with Crippen molar-refractivity contribution in [2.45, 2.75) is 13.8 Å². The molecular weight excluding hydrogens is 308 g/mol. The number of carbonyl (C=O) groups is 1. The Balaban J connectivity index is 1.62. The molecule has 3 aromatic heterocycles. The number of aromatic amines is 1. The minimum atomic E-state index is -0.442. The highest BCUT2D eigenvalue weighted by atomic mass is 16.2.